The van der Waals surface area contributed by atoms with E-state index in [2.05, 4.69) is 0 Å². The second kappa shape index (κ2) is 7.99. The monoisotopic (exact) mass is 282 g/mol. The van der Waals surface area contributed by atoms with E-state index in [-0.39, 0.29) is 12.0 Å². The molecule has 3 unspecified atom stereocenters. The minimum absolute atomic E-state index is 0.175. The number of hydrogen-bond acceptors (Lipinski definition) is 3. The summed E-state index contributed by atoms with van der Waals surface area (Å²) in [5.74, 6) is 1.32. The number of carbonyl (C=O) groups excluding carboxylic acids is 1. The van der Waals surface area contributed by atoms with E-state index in [1.54, 1.807) is 0 Å². The van der Waals surface area contributed by atoms with Gasteiger partial charge in [-0.25, -0.2) is 0 Å². The van der Waals surface area contributed by atoms with Gasteiger partial charge in [0.15, 0.2) is 0 Å². The van der Waals surface area contributed by atoms with Crippen molar-refractivity contribution >= 4 is 5.91 Å². The SMILES string of the molecule is CC(OCC1CCCC1CN)C(=O)N1CCCCCC1. The molecule has 1 aliphatic carbocycles. The molecule has 0 radical (unpaired) electrons. The quantitative estimate of drug-likeness (QED) is 0.841. The lowest BCUT2D eigenvalue weighted by Gasteiger charge is -2.26. The first kappa shape index (κ1) is 15.8. The molecule has 2 N–H and O–H groups in total. The van der Waals surface area contributed by atoms with Gasteiger partial charge in [0, 0.05) is 13.1 Å². The average Bonchev–Trinajstić information content (AvgIpc) is 2.75. The van der Waals surface area contributed by atoms with E-state index >= 15 is 0 Å². The summed E-state index contributed by atoms with van der Waals surface area (Å²) in [5, 5.41) is 0. The van der Waals surface area contributed by atoms with Crippen LogP contribution in [-0.4, -0.2) is 43.2 Å². The van der Waals surface area contributed by atoms with E-state index in [4.69, 9.17) is 10.5 Å². The lowest BCUT2D eigenvalue weighted by molar-refractivity contribution is -0.143. The molecule has 0 bridgehead atoms. The van der Waals surface area contributed by atoms with Crippen molar-refractivity contribution in [2.75, 3.05) is 26.2 Å². The Morgan fingerprint density at radius 2 is 1.80 bits per heavy atom. The van der Waals surface area contributed by atoms with E-state index in [0.29, 0.717) is 18.4 Å². The highest BCUT2D eigenvalue weighted by atomic mass is 16.5. The fraction of sp³-hybridized carbons (Fsp3) is 0.938. The summed E-state index contributed by atoms with van der Waals surface area (Å²) in [4.78, 5) is 14.4. The molecule has 1 amide bonds. The highest BCUT2D eigenvalue weighted by Crippen LogP contribution is 2.31. The molecule has 2 fully saturated rings. The number of nitrogens with two attached hydrogens (primary N) is 1. The third kappa shape index (κ3) is 4.19. The summed E-state index contributed by atoms with van der Waals surface area (Å²) in [6.45, 7) is 5.16. The van der Waals surface area contributed by atoms with Gasteiger partial charge in [0.05, 0.1) is 6.61 Å². The molecule has 0 aromatic rings. The molecule has 1 aliphatic heterocycles. The van der Waals surface area contributed by atoms with Gasteiger partial charge in [-0.2, -0.15) is 0 Å². The second-order valence-corrected chi connectivity index (χ2v) is 6.40. The highest BCUT2D eigenvalue weighted by Gasteiger charge is 2.28. The van der Waals surface area contributed by atoms with Gasteiger partial charge in [0.1, 0.15) is 6.10 Å². The van der Waals surface area contributed by atoms with Crippen LogP contribution in [0.2, 0.25) is 0 Å². The van der Waals surface area contributed by atoms with Crippen LogP contribution in [-0.2, 0) is 9.53 Å². The van der Waals surface area contributed by atoms with Crippen molar-refractivity contribution in [2.24, 2.45) is 17.6 Å². The molecule has 2 aliphatic rings. The van der Waals surface area contributed by atoms with Gasteiger partial charge in [0.25, 0.3) is 5.91 Å². The molecule has 0 spiro atoms. The van der Waals surface area contributed by atoms with Gasteiger partial charge in [-0.15, -0.1) is 0 Å². The van der Waals surface area contributed by atoms with Crippen molar-refractivity contribution in [1.29, 1.82) is 0 Å². The number of ether oxygens (including phenoxy) is 1. The van der Waals surface area contributed by atoms with Gasteiger partial charge in [-0.05, 0) is 51.0 Å². The van der Waals surface area contributed by atoms with Crippen molar-refractivity contribution in [1.82, 2.24) is 4.90 Å². The standard InChI is InChI=1S/C16H30N2O2/c1-13(16(19)18-9-4-2-3-5-10-18)20-12-15-8-6-7-14(15)11-17/h13-15H,2-12,17H2,1H3. The summed E-state index contributed by atoms with van der Waals surface area (Å²) >= 11 is 0. The van der Waals surface area contributed by atoms with E-state index in [0.717, 1.165) is 32.5 Å². The van der Waals surface area contributed by atoms with Crippen LogP contribution in [0.3, 0.4) is 0 Å². The summed E-state index contributed by atoms with van der Waals surface area (Å²) in [7, 11) is 0. The third-order valence-electron chi connectivity index (χ3n) is 4.95. The Morgan fingerprint density at radius 1 is 1.15 bits per heavy atom. The van der Waals surface area contributed by atoms with Gasteiger partial charge in [-0.1, -0.05) is 19.3 Å². The van der Waals surface area contributed by atoms with Crippen LogP contribution in [0.15, 0.2) is 0 Å². The van der Waals surface area contributed by atoms with Gasteiger partial charge < -0.3 is 15.4 Å². The zero-order valence-corrected chi connectivity index (χ0v) is 12.9. The summed E-state index contributed by atoms with van der Waals surface area (Å²) in [6.07, 6.45) is 8.15. The number of hydrogen-bond donors (Lipinski definition) is 1. The number of nitrogens with zero attached hydrogens (tertiary/aromatic N) is 1. The maximum atomic E-state index is 12.4. The molecule has 4 nitrogen and oxygen atoms in total. The molecule has 1 heterocycles. The summed E-state index contributed by atoms with van der Waals surface area (Å²) in [6, 6.07) is 0. The van der Waals surface area contributed by atoms with E-state index in [1.807, 2.05) is 11.8 Å². The topological polar surface area (TPSA) is 55.6 Å². The van der Waals surface area contributed by atoms with Crippen molar-refractivity contribution in [3.05, 3.63) is 0 Å². The number of rotatable bonds is 5. The molecule has 116 valence electrons. The van der Waals surface area contributed by atoms with Crippen molar-refractivity contribution in [2.45, 2.75) is 58.0 Å². The molecular weight excluding hydrogens is 252 g/mol. The summed E-state index contributed by atoms with van der Waals surface area (Å²) < 4.78 is 5.87. The van der Waals surface area contributed by atoms with E-state index < -0.39 is 0 Å². The maximum Gasteiger partial charge on any atom is 0.251 e. The fourth-order valence-corrected chi connectivity index (χ4v) is 3.53. The van der Waals surface area contributed by atoms with Crippen LogP contribution >= 0.6 is 0 Å². The normalized spacial score (nSPS) is 29.2. The van der Waals surface area contributed by atoms with Crippen LogP contribution in [0, 0.1) is 11.8 Å². The number of likely N-dealkylation sites (tertiary alicyclic amines) is 1. The van der Waals surface area contributed by atoms with Crippen molar-refractivity contribution in [3.8, 4) is 0 Å². The Hall–Kier alpha value is -0.610. The Labute approximate surface area is 123 Å². The molecule has 4 heteroatoms. The Bertz CT molecular complexity index is 301. The van der Waals surface area contributed by atoms with E-state index in [1.165, 1.54) is 32.1 Å². The molecule has 2 rings (SSSR count). The van der Waals surface area contributed by atoms with Gasteiger partial charge in [-0.3, -0.25) is 4.79 Å². The first-order valence-corrected chi connectivity index (χ1v) is 8.33. The Morgan fingerprint density at radius 3 is 2.45 bits per heavy atom. The highest BCUT2D eigenvalue weighted by molar-refractivity contribution is 5.80. The van der Waals surface area contributed by atoms with Crippen LogP contribution < -0.4 is 5.73 Å². The fourth-order valence-electron chi connectivity index (χ4n) is 3.53. The first-order chi connectivity index (χ1) is 9.72. The van der Waals surface area contributed by atoms with Crippen LogP contribution in [0.4, 0.5) is 0 Å². The maximum absolute atomic E-state index is 12.4. The van der Waals surface area contributed by atoms with E-state index in [9.17, 15) is 4.79 Å². The van der Waals surface area contributed by atoms with Gasteiger partial charge >= 0.3 is 0 Å². The zero-order chi connectivity index (χ0) is 14.4. The van der Waals surface area contributed by atoms with Crippen molar-refractivity contribution in [3.63, 3.8) is 0 Å². The molecule has 0 aromatic carbocycles. The molecule has 1 saturated carbocycles. The lowest BCUT2D eigenvalue weighted by atomic mass is 9.97. The van der Waals surface area contributed by atoms with Crippen molar-refractivity contribution < 1.29 is 9.53 Å². The molecule has 1 saturated heterocycles. The predicted octanol–water partition coefficient (Wildman–Crippen LogP) is 2.17. The largest absolute Gasteiger partial charge is 0.368 e. The Balaban J connectivity index is 1.75. The first-order valence-electron chi connectivity index (χ1n) is 8.33. The molecule has 20 heavy (non-hydrogen) atoms. The zero-order valence-electron chi connectivity index (χ0n) is 12.9. The van der Waals surface area contributed by atoms with Gasteiger partial charge in [0.2, 0.25) is 0 Å². The Kier molecular flexibility index (Phi) is 6.30. The average molecular weight is 282 g/mol. The molecule has 0 aromatic heterocycles. The van der Waals surface area contributed by atoms with Crippen LogP contribution in [0.5, 0.6) is 0 Å². The molecule has 3 atom stereocenters. The lowest BCUT2D eigenvalue weighted by Crippen LogP contribution is -2.40. The smallest absolute Gasteiger partial charge is 0.251 e. The third-order valence-corrected chi connectivity index (χ3v) is 4.95. The van der Waals surface area contributed by atoms with Crippen LogP contribution in [0.1, 0.15) is 51.9 Å². The predicted molar refractivity (Wildman–Crippen MR) is 80.3 cm³/mol. The van der Waals surface area contributed by atoms with Crippen LogP contribution in [0.25, 0.3) is 0 Å². The number of carbonyl (C=O) groups is 1. The summed E-state index contributed by atoms with van der Waals surface area (Å²) in [5.41, 5.74) is 5.79. The number of amides is 1. The molecular formula is C16H30N2O2. The minimum Gasteiger partial charge on any atom is -0.368 e. The minimum atomic E-state index is -0.299. The second-order valence-electron chi connectivity index (χ2n) is 6.40.